The predicted octanol–water partition coefficient (Wildman–Crippen LogP) is 2.45. The van der Waals surface area contributed by atoms with Gasteiger partial charge in [-0.25, -0.2) is 4.39 Å². The second-order valence-electron chi connectivity index (χ2n) is 5.41. The second kappa shape index (κ2) is 5.53. The van der Waals surface area contributed by atoms with Gasteiger partial charge in [0.2, 0.25) is 0 Å². The number of aromatic nitrogens is 2. The molecule has 0 aliphatic rings. The summed E-state index contributed by atoms with van der Waals surface area (Å²) in [4.78, 5) is 0. The van der Waals surface area contributed by atoms with Gasteiger partial charge in [-0.2, -0.15) is 5.10 Å². The molecule has 4 heteroatoms. The fourth-order valence-corrected chi connectivity index (χ4v) is 2.26. The van der Waals surface area contributed by atoms with E-state index in [1.165, 1.54) is 6.07 Å². The van der Waals surface area contributed by atoms with Crippen LogP contribution in [-0.2, 0) is 19.9 Å². The molecule has 0 saturated carbocycles. The molecule has 0 fully saturated rings. The normalized spacial score (nSPS) is 14.3. The molecule has 102 valence electrons. The van der Waals surface area contributed by atoms with Gasteiger partial charge in [0.15, 0.2) is 0 Å². The second-order valence-corrected chi connectivity index (χ2v) is 5.41. The van der Waals surface area contributed by atoms with Crippen LogP contribution in [0.25, 0.3) is 0 Å². The summed E-state index contributed by atoms with van der Waals surface area (Å²) >= 11 is 0. The van der Waals surface area contributed by atoms with Gasteiger partial charge in [0.25, 0.3) is 0 Å². The van der Waals surface area contributed by atoms with Crippen molar-refractivity contribution in [2.75, 3.05) is 0 Å². The minimum atomic E-state index is -0.349. The SMILES string of the molecule is Cn1nccc1CCC(C)(N)Cc1cccc(F)c1. The predicted molar refractivity (Wildman–Crippen MR) is 74.2 cm³/mol. The Balaban J connectivity index is 1.97. The third-order valence-corrected chi connectivity index (χ3v) is 3.37. The Labute approximate surface area is 113 Å². The van der Waals surface area contributed by atoms with Crippen LogP contribution in [0.2, 0.25) is 0 Å². The van der Waals surface area contributed by atoms with Crippen LogP contribution in [-0.4, -0.2) is 15.3 Å². The van der Waals surface area contributed by atoms with Crippen molar-refractivity contribution in [2.45, 2.75) is 31.7 Å². The topological polar surface area (TPSA) is 43.8 Å². The van der Waals surface area contributed by atoms with Crippen LogP contribution in [0.1, 0.15) is 24.6 Å². The largest absolute Gasteiger partial charge is 0.325 e. The summed E-state index contributed by atoms with van der Waals surface area (Å²) in [5.41, 5.74) is 8.07. The molecule has 1 unspecified atom stereocenters. The Morgan fingerprint density at radius 3 is 2.79 bits per heavy atom. The van der Waals surface area contributed by atoms with Crippen LogP contribution in [0.4, 0.5) is 4.39 Å². The van der Waals surface area contributed by atoms with E-state index in [9.17, 15) is 4.39 Å². The van der Waals surface area contributed by atoms with E-state index in [0.717, 1.165) is 24.1 Å². The van der Waals surface area contributed by atoms with Crippen molar-refractivity contribution in [3.05, 3.63) is 53.6 Å². The van der Waals surface area contributed by atoms with Crippen LogP contribution in [0.3, 0.4) is 0 Å². The third-order valence-electron chi connectivity index (χ3n) is 3.37. The summed E-state index contributed by atoms with van der Waals surface area (Å²) in [6, 6.07) is 8.64. The monoisotopic (exact) mass is 261 g/mol. The minimum absolute atomic E-state index is 0.208. The molecule has 1 aromatic carbocycles. The molecule has 19 heavy (non-hydrogen) atoms. The molecule has 2 rings (SSSR count). The molecule has 0 radical (unpaired) electrons. The number of hydrogen-bond acceptors (Lipinski definition) is 2. The van der Waals surface area contributed by atoms with Crippen molar-refractivity contribution in [3.8, 4) is 0 Å². The van der Waals surface area contributed by atoms with Crippen molar-refractivity contribution < 1.29 is 4.39 Å². The Kier molecular flexibility index (Phi) is 4.00. The lowest BCUT2D eigenvalue weighted by molar-refractivity contribution is 0.423. The number of halogens is 1. The maximum Gasteiger partial charge on any atom is 0.123 e. The zero-order valence-electron chi connectivity index (χ0n) is 11.4. The summed E-state index contributed by atoms with van der Waals surface area (Å²) in [5.74, 6) is -0.208. The van der Waals surface area contributed by atoms with E-state index in [1.807, 2.05) is 30.8 Å². The summed E-state index contributed by atoms with van der Waals surface area (Å²) < 4.78 is 15.0. The summed E-state index contributed by atoms with van der Waals surface area (Å²) in [6.45, 7) is 2.01. The highest BCUT2D eigenvalue weighted by Gasteiger charge is 2.19. The van der Waals surface area contributed by atoms with Crippen molar-refractivity contribution >= 4 is 0 Å². The van der Waals surface area contributed by atoms with Crippen LogP contribution in [0, 0.1) is 5.82 Å². The fourth-order valence-electron chi connectivity index (χ4n) is 2.26. The molecular weight excluding hydrogens is 241 g/mol. The molecule has 1 aromatic heterocycles. The lowest BCUT2D eigenvalue weighted by Gasteiger charge is -2.24. The zero-order chi connectivity index (χ0) is 13.9. The Morgan fingerprint density at radius 1 is 1.37 bits per heavy atom. The molecular formula is C15H20FN3. The van der Waals surface area contributed by atoms with Gasteiger partial charge in [-0.05, 0) is 49.9 Å². The summed E-state index contributed by atoms with van der Waals surface area (Å²) in [5, 5.41) is 4.14. The summed E-state index contributed by atoms with van der Waals surface area (Å²) in [6.07, 6.45) is 4.17. The molecule has 0 bridgehead atoms. The first-order valence-electron chi connectivity index (χ1n) is 6.46. The van der Waals surface area contributed by atoms with Gasteiger partial charge in [-0.15, -0.1) is 0 Å². The number of hydrogen-bond donors (Lipinski definition) is 1. The highest BCUT2D eigenvalue weighted by molar-refractivity contribution is 5.19. The number of aryl methyl sites for hydroxylation is 2. The van der Waals surface area contributed by atoms with Crippen LogP contribution in [0.15, 0.2) is 36.5 Å². The smallest absolute Gasteiger partial charge is 0.123 e. The van der Waals surface area contributed by atoms with Crippen molar-refractivity contribution in [1.82, 2.24) is 9.78 Å². The number of benzene rings is 1. The van der Waals surface area contributed by atoms with E-state index < -0.39 is 0 Å². The Morgan fingerprint density at radius 2 is 2.16 bits per heavy atom. The van der Waals surface area contributed by atoms with Crippen molar-refractivity contribution in [1.29, 1.82) is 0 Å². The van der Waals surface area contributed by atoms with Gasteiger partial charge in [0.1, 0.15) is 5.82 Å². The molecule has 1 heterocycles. The highest BCUT2D eigenvalue weighted by atomic mass is 19.1. The molecule has 2 aromatic rings. The van der Waals surface area contributed by atoms with E-state index in [2.05, 4.69) is 5.10 Å². The number of nitrogens with two attached hydrogens (primary N) is 1. The van der Waals surface area contributed by atoms with Gasteiger partial charge in [-0.1, -0.05) is 12.1 Å². The quantitative estimate of drug-likeness (QED) is 0.898. The van der Waals surface area contributed by atoms with Gasteiger partial charge >= 0.3 is 0 Å². The van der Waals surface area contributed by atoms with E-state index in [-0.39, 0.29) is 11.4 Å². The lowest BCUT2D eigenvalue weighted by atomic mass is 9.89. The molecule has 1 atom stereocenters. The fraction of sp³-hybridized carbons (Fsp3) is 0.400. The molecule has 0 saturated heterocycles. The lowest BCUT2D eigenvalue weighted by Crippen LogP contribution is -2.39. The molecule has 0 aliphatic heterocycles. The average molecular weight is 261 g/mol. The molecule has 2 N–H and O–H groups in total. The Hall–Kier alpha value is -1.68. The van der Waals surface area contributed by atoms with E-state index >= 15 is 0 Å². The molecule has 0 aliphatic carbocycles. The van der Waals surface area contributed by atoms with E-state index in [0.29, 0.717) is 6.42 Å². The third kappa shape index (κ3) is 3.89. The first-order valence-corrected chi connectivity index (χ1v) is 6.46. The van der Waals surface area contributed by atoms with Gasteiger partial charge in [0, 0.05) is 24.5 Å². The summed E-state index contributed by atoms with van der Waals surface area (Å²) in [7, 11) is 1.93. The first kappa shape index (κ1) is 13.7. The molecule has 0 amide bonds. The number of nitrogens with zero attached hydrogens (tertiary/aromatic N) is 2. The van der Waals surface area contributed by atoms with Crippen LogP contribution < -0.4 is 5.73 Å². The molecule has 3 nitrogen and oxygen atoms in total. The standard InChI is InChI=1S/C15H20FN3/c1-15(17,8-6-14-7-9-18-19(14)2)11-12-4-3-5-13(16)10-12/h3-5,7,9-10H,6,8,11,17H2,1-2H3. The zero-order valence-corrected chi connectivity index (χ0v) is 11.4. The van der Waals surface area contributed by atoms with Crippen molar-refractivity contribution in [3.63, 3.8) is 0 Å². The average Bonchev–Trinajstić information content (AvgIpc) is 2.72. The Bertz CT molecular complexity index is 546. The van der Waals surface area contributed by atoms with Crippen molar-refractivity contribution in [2.24, 2.45) is 12.8 Å². The van der Waals surface area contributed by atoms with Crippen LogP contribution >= 0.6 is 0 Å². The number of rotatable bonds is 5. The van der Waals surface area contributed by atoms with Gasteiger partial charge in [-0.3, -0.25) is 4.68 Å². The van der Waals surface area contributed by atoms with E-state index in [1.54, 1.807) is 18.3 Å². The first-order chi connectivity index (χ1) is 8.96. The highest BCUT2D eigenvalue weighted by Crippen LogP contribution is 2.17. The van der Waals surface area contributed by atoms with E-state index in [4.69, 9.17) is 5.73 Å². The molecule has 0 spiro atoms. The maximum atomic E-state index is 13.2. The van der Waals surface area contributed by atoms with Crippen LogP contribution in [0.5, 0.6) is 0 Å². The van der Waals surface area contributed by atoms with Gasteiger partial charge in [0.05, 0.1) is 0 Å². The minimum Gasteiger partial charge on any atom is -0.325 e. The maximum absolute atomic E-state index is 13.2. The van der Waals surface area contributed by atoms with Gasteiger partial charge < -0.3 is 5.73 Å².